The fourth-order valence-corrected chi connectivity index (χ4v) is 10.4. The molecule has 7 rings (SSSR count). The van der Waals surface area contributed by atoms with Crippen molar-refractivity contribution in [1.82, 2.24) is 4.90 Å². The van der Waals surface area contributed by atoms with Crippen LogP contribution in [0.15, 0.2) is 70.8 Å². The van der Waals surface area contributed by atoms with Crippen molar-refractivity contribution in [2.24, 2.45) is 17.6 Å². The molecule has 2 amide bonds. The molecule has 4 aliphatic rings. The molecule has 13 nitrogen and oxygen atoms in total. The van der Waals surface area contributed by atoms with Crippen molar-refractivity contribution in [1.29, 1.82) is 0 Å². The van der Waals surface area contributed by atoms with E-state index in [1.165, 1.54) is 11.2 Å². The van der Waals surface area contributed by atoms with Crippen molar-refractivity contribution in [3.63, 3.8) is 0 Å². The first-order valence-corrected chi connectivity index (χ1v) is 19.3. The average molecular weight is 732 g/mol. The summed E-state index contributed by atoms with van der Waals surface area (Å²) in [6, 6.07) is 16.0. The zero-order chi connectivity index (χ0) is 37.3. The second-order valence-corrected chi connectivity index (χ2v) is 17.4. The number of sulfonamides is 1. The topological polar surface area (TPSA) is 173 Å². The van der Waals surface area contributed by atoms with Gasteiger partial charge < -0.3 is 39.9 Å². The van der Waals surface area contributed by atoms with Gasteiger partial charge in [-0.2, -0.15) is 0 Å². The Balaban J connectivity index is 1.06. The molecule has 4 atom stereocenters. The summed E-state index contributed by atoms with van der Waals surface area (Å²) in [5, 5.41) is 27.0. The number of carboxylic acids is 1. The van der Waals surface area contributed by atoms with Crippen LogP contribution in [0.3, 0.4) is 0 Å². The molecular formula is C38H47N6O7S+. The average Bonchev–Trinajstić information content (AvgIpc) is 3.47. The number of benzene rings is 3. The minimum Gasteiger partial charge on any atom is -0.543 e. The van der Waals surface area contributed by atoms with E-state index in [0.717, 1.165) is 70.7 Å². The molecule has 4 heterocycles. The largest absolute Gasteiger partial charge is 0.543 e. The summed E-state index contributed by atoms with van der Waals surface area (Å²) >= 11 is 0. The Bertz CT molecular complexity index is 2110. The van der Waals surface area contributed by atoms with Crippen LogP contribution in [0.1, 0.15) is 25.0 Å². The summed E-state index contributed by atoms with van der Waals surface area (Å²) in [7, 11) is 0.320. The number of anilines is 2. The lowest BCUT2D eigenvalue weighted by atomic mass is 9.78. The molecule has 0 aromatic heterocycles. The maximum absolute atomic E-state index is 14.1. The summed E-state index contributed by atoms with van der Waals surface area (Å²) < 4.78 is 30.9. The molecule has 3 aromatic rings. The van der Waals surface area contributed by atoms with Crippen LogP contribution in [0.4, 0.5) is 11.4 Å². The van der Waals surface area contributed by atoms with Crippen molar-refractivity contribution in [2.45, 2.75) is 43.9 Å². The molecule has 2 fully saturated rings. The van der Waals surface area contributed by atoms with E-state index in [4.69, 9.17) is 5.73 Å². The minimum absolute atomic E-state index is 0.0205. The van der Waals surface area contributed by atoms with Crippen LogP contribution in [0.5, 0.6) is 0 Å². The van der Waals surface area contributed by atoms with Gasteiger partial charge in [-0.15, -0.1) is 0 Å². The molecule has 4 N–H and O–H groups in total. The fraction of sp³-hybridized carbons (Fsp3) is 0.447. The molecule has 0 aliphatic carbocycles. The third-order valence-electron chi connectivity index (χ3n) is 12.0. The normalized spacial score (nSPS) is 28.2. The number of aliphatic carboxylic acids is 1. The van der Waals surface area contributed by atoms with E-state index in [9.17, 15) is 33.0 Å². The third kappa shape index (κ3) is 5.96. The van der Waals surface area contributed by atoms with Gasteiger partial charge in [0.15, 0.2) is 6.54 Å². The smallest absolute Gasteiger partial charge is 0.279 e. The van der Waals surface area contributed by atoms with Crippen molar-refractivity contribution < 1.29 is 42.0 Å². The Hall–Kier alpha value is -4.34. The number of carboxylic acid groups (broad SMARTS) is 1. The van der Waals surface area contributed by atoms with Crippen LogP contribution in [0.2, 0.25) is 0 Å². The number of piperazine rings is 1. The van der Waals surface area contributed by atoms with Gasteiger partial charge in [-0.3, -0.25) is 13.9 Å². The maximum atomic E-state index is 14.1. The summed E-state index contributed by atoms with van der Waals surface area (Å²) in [6.45, 7) is 8.17. The Morgan fingerprint density at radius 2 is 1.71 bits per heavy atom. The number of nitrogens with one attached hydrogen (secondary N) is 1. The SMILES string of the molecule is CC(O)C1C(=O)N2C(C(=O)[O-])=C(CN3c4cccc5c(CC[N+]6(C)CC[N+](C)(CC(=O)Nc7ccc(CN)cc7)CC6)ccc(c45)S3(=O)=O)[C@H](C)C12. The summed E-state index contributed by atoms with van der Waals surface area (Å²) in [5.74, 6) is -3.31. The molecule has 0 bridgehead atoms. The van der Waals surface area contributed by atoms with Crippen molar-refractivity contribution in [3.05, 3.63) is 77.0 Å². The number of rotatable bonds is 11. The van der Waals surface area contributed by atoms with Gasteiger partial charge in [0.05, 0.1) is 67.5 Å². The number of nitrogens with zero attached hydrogens (tertiary/aromatic N) is 4. The van der Waals surface area contributed by atoms with Crippen LogP contribution in [-0.2, 0) is 37.4 Å². The Morgan fingerprint density at radius 3 is 2.35 bits per heavy atom. The van der Waals surface area contributed by atoms with Gasteiger partial charge >= 0.3 is 0 Å². The van der Waals surface area contributed by atoms with Gasteiger partial charge in [0, 0.05) is 30.0 Å². The van der Waals surface area contributed by atoms with Gasteiger partial charge in [0.25, 0.3) is 15.9 Å². The fourth-order valence-electron chi connectivity index (χ4n) is 8.71. The van der Waals surface area contributed by atoms with Crippen LogP contribution >= 0.6 is 0 Å². The Kier molecular flexibility index (Phi) is 8.98. The first kappa shape index (κ1) is 36.0. The Labute approximate surface area is 304 Å². The van der Waals surface area contributed by atoms with Crippen LogP contribution in [0.25, 0.3) is 10.8 Å². The quantitative estimate of drug-likeness (QED) is 0.192. The minimum atomic E-state index is -4.04. The number of amides is 2. The zero-order valence-electron chi connectivity index (χ0n) is 30.0. The lowest BCUT2D eigenvalue weighted by Gasteiger charge is -2.47. The highest BCUT2D eigenvalue weighted by molar-refractivity contribution is 7.93. The lowest BCUT2D eigenvalue weighted by Crippen LogP contribution is -2.65. The molecule has 0 saturated carbocycles. The molecular weight excluding hydrogens is 685 g/mol. The van der Waals surface area contributed by atoms with E-state index in [1.54, 1.807) is 19.1 Å². The predicted octanol–water partition coefficient (Wildman–Crippen LogP) is 0.757. The zero-order valence-corrected chi connectivity index (χ0v) is 30.9. The highest BCUT2D eigenvalue weighted by Gasteiger charge is 2.59. The maximum Gasteiger partial charge on any atom is 0.279 e. The van der Waals surface area contributed by atoms with E-state index >= 15 is 0 Å². The summed E-state index contributed by atoms with van der Waals surface area (Å²) in [5.41, 5.74) is 8.94. The number of β-lactam (4-membered cyclic amide) rings is 1. The summed E-state index contributed by atoms with van der Waals surface area (Å²) in [6.07, 6.45) is -0.253. The second-order valence-electron chi connectivity index (χ2n) is 15.6. The molecule has 0 spiro atoms. The number of fused-ring (bicyclic) bond motifs is 1. The molecule has 3 aromatic carbocycles. The molecule has 4 aliphatic heterocycles. The molecule has 14 heteroatoms. The van der Waals surface area contributed by atoms with E-state index in [2.05, 4.69) is 19.4 Å². The molecule has 2 saturated heterocycles. The number of quaternary nitrogens is 2. The molecule has 276 valence electrons. The lowest BCUT2D eigenvalue weighted by molar-refractivity contribution is -1.01. The highest BCUT2D eigenvalue weighted by atomic mass is 32.2. The summed E-state index contributed by atoms with van der Waals surface area (Å²) in [4.78, 5) is 39.5. The van der Waals surface area contributed by atoms with Gasteiger partial charge in [0.1, 0.15) is 26.2 Å². The second kappa shape index (κ2) is 13.0. The van der Waals surface area contributed by atoms with Crippen LogP contribution < -0.4 is 20.5 Å². The van der Waals surface area contributed by atoms with E-state index in [1.807, 2.05) is 42.5 Å². The van der Waals surface area contributed by atoms with E-state index in [0.29, 0.717) is 34.2 Å². The third-order valence-corrected chi connectivity index (χ3v) is 13.8. The van der Waals surface area contributed by atoms with Gasteiger partial charge in [0.2, 0.25) is 5.91 Å². The highest BCUT2D eigenvalue weighted by Crippen LogP contribution is 2.49. The standard InChI is InChI=1S/C38H46N6O7S/c1-23-29(36(38(48)49)42-35(23)33(24(2)45)37(42)47)21-41-30-7-5-6-28-26(10-13-31(34(28)30)52(41,50)51)14-15-43(3)16-18-44(4,19-17-43)22-32(46)40-27-11-8-25(20-39)9-12-27/h5-13,23-24,33,35,45H,14-22,39H2,1-4H3/p+1/t23-,24?,33?,35?,43?,44?/m0/s1. The van der Waals surface area contributed by atoms with Crippen molar-refractivity contribution >= 4 is 50.0 Å². The number of hydrogen-bond donors (Lipinski definition) is 3. The van der Waals surface area contributed by atoms with Crippen LogP contribution in [0, 0.1) is 11.8 Å². The Morgan fingerprint density at radius 1 is 1.04 bits per heavy atom. The number of aliphatic hydroxyl groups excluding tert-OH is 1. The first-order valence-electron chi connectivity index (χ1n) is 17.9. The van der Waals surface area contributed by atoms with Gasteiger partial charge in [-0.25, -0.2) is 8.42 Å². The van der Waals surface area contributed by atoms with Gasteiger partial charge in [-0.1, -0.05) is 37.3 Å². The molecule has 52 heavy (non-hydrogen) atoms. The monoisotopic (exact) mass is 731 g/mol. The molecule has 3 unspecified atom stereocenters. The van der Waals surface area contributed by atoms with Crippen molar-refractivity contribution in [3.8, 4) is 0 Å². The first-order chi connectivity index (χ1) is 24.6. The molecule has 0 radical (unpaired) electrons. The predicted molar refractivity (Wildman–Crippen MR) is 194 cm³/mol. The van der Waals surface area contributed by atoms with E-state index in [-0.39, 0.29) is 23.0 Å². The van der Waals surface area contributed by atoms with Crippen molar-refractivity contribution in [2.75, 3.05) is 69.5 Å². The number of likely N-dealkylation sites (N-methyl/N-ethyl adjacent to an activating group) is 2. The number of aliphatic hydroxyl groups is 1. The number of carbonyl (C=O) groups excluding carboxylic acids is 3. The van der Waals surface area contributed by atoms with Gasteiger partial charge in [-0.05, 0) is 53.3 Å². The van der Waals surface area contributed by atoms with Crippen LogP contribution in [-0.4, -0.2) is 117 Å². The van der Waals surface area contributed by atoms with E-state index < -0.39 is 45.9 Å². The number of nitrogens with two attached hydrogens (primary N) is 1. The number of carbonyl (C=O) groups is 3. The number of hydrogen-bond acceptors (Lipinski definition) is 8.